The fourth-order valence-electron chi connectivity index (χ4n) is 3.05. The Kier molecular flexibility index (Phi) is 4.94. The lowest BCUT2D eigenvalue weighted by atomic mass is 9.87. The van der Waals surface area contributed by atoms with E-state index in [1.807, 2.05) is 6.07 Å². The zero-order valence-corrected chi connectivity index (χ0v) is 13.3. The zero-order valence-electron chi connectivity index (χ0n) is 13.3. The van der Waals surface area contributed by atoms with E-state index < -0.39 is 6.61 Å². The number of aryl methyl sites for hydroxylation is 1. The van der Waals surface area contributed by atoms with Gasteiger partial charge in [-0.05, 0) is 66.8 Å². The molecule has 0 aliphatic heterocycles. The Hall–Kier alpha value is -2.94. The molecule has 0 heterocycles. The molecule has 128 valence electrons. The van der Waals surface area contributed by atoms with Crippen molar-refractivity contribution in [2.45, 2.75) is 31.9 Å². The van der Waals surface area contributed by atoms with Crippen molar-refractivity contribution < 1.29 is 18.3 Å². The molecule has 1 unspecified atom stereocenters. The number of benzene rings is 2. The van der Waals surface area contributed by atoms with Crippen molar-refractivity contribution in [1.82, 2.24) is 5.32 Å². The van der Waals surface area contributed by atoms with Crippen LogP contribution in [0.25, 0.3) is 0 Å². The molecule has 6 heteroatoms. The normalized spacial score (nSPS) is 16.0. The van der Waals surface area contributed by atoms with Crippen LogP contribution in [0, 0.1) is 11.3 Å². The number of rotatable bonds is 4. The summed E-state index contributed by atoms with van der Waals surface area (Å²) in [5.74, 6) is -0.0944. The number of amides is 1. The Labute approximate surface area is 144 Å². The van der Waals surface area contributed by atoms with E-state index in [1.165, 1.54) is 6.07 Å². The zero-order chi connectivity index (χ0) is 17.8. The van der Waals surface area contributed by atoms with E-state index in [9.17, 15) is 13.6 Å². The van der Waals surface area contributed by atoms with Crippen LogP contribution in [0.15, 0.2) is 42.5 Å². The minimum Gasteiger partial charge on any atom is -0.435 e. The number of carbonyl (C=O) groups excluding carboxylic acids is 1. The standard InChI is InChI=1S/C19H16F2N2O2/c20-19(21)25-15-8-9-16-14(10-15)2-1-3-17(16)23-18(24)13-6-4-12(11-22)5-7-13/h4-10,17,19H,1-3H2,(H,23,24). The van der Waals surface area contributed by atoms with Crippen molar-refractivity contribution in [3.8, 4) is 11.8 Å². The fraction of sp³-hybridized carbons (Fsp3) is 0.263. The summed E-state index contributed by atoms with van der Waals surface area (Å²) in [5.41, 5.74) is 2.80. The lowest BCUT2D eigenvalue weighted by Crippen LogP contribution is -2.31. The summed E-state index contributed by atoms with van der Waals surface area (Å²) < 4.78 is 29.1. The van der Waals surface area contributed by atoms with Gasteiger partial charge in [-0.1, -0.05) is 6.07 Å². The highest BCUT2D eigenvalue weighted by Gasteiger charge is 2.23. The van der Waals surface area contributed by atoms with Crippen molar-refractivity contribution in [3.05, 3.63) is 64.7 Å². The van der Waals surface area contributed by atoms with Gasteiger partial charge in [0, 0.05) is 5.56 Å². The van der Waals surface area contributed by atoms with Gasteiger partial charge in [-0.3, -0.25) is 4.79 Å². The average molecular weight is 342 g/mol. The summed E-state index contributed by atoms with van der Waals surface area (Å²) in [6, 6.07) is 13.1. The van der Waals surface area contributed by atoms with E-state index in [4.69, 9.17) is 5.26 Å². The molecule has 1 aliphatic carbocycles. The van der Waals surface area contributed by atoms with Crippen molar-refractivity contribution in [2.75, 3.05) is 0 Å². The van der Waals surface area contributed by atoms with E-state index >= 15 is 0 Å². The Morgan fingerprint density at radius 2 is 2.00 bits per heavy atom. The molecule has 4 nitrogen and oxygen atoms in total. The number of fused-ring (bicyclic) bond motifs is 1. The Balaban J connectivity index is 1.76. The summed E-state index contributed by atoms with van der Waals surface area (Å²) in [5, 5.41) is 11.8. The molecule has 1 aliphatic rings. The number of halogens is 2. The van der Waals surface area contributed by atoms with E-state index in [0.717, 1.165) is 30.4 Å². The lowest BCUT2D eigenvalue weighted by Gasteiger charge is -2.27. The minimum absolute atomic E-state index is 0.132. The van der Waals surface area contributed by atoms with Gasteiger partial charge in [-0.15, -0.1) is 0 Å². The average Bonchev–Trinajstić information content (AvgIpc) is 2.61. The second-order valence-corrected chi connectivity index (χ2v) is 5.85. The molecular formula is C19H16F2N2O2. The highest BCUT2D eigenvalue weighted by atomic mass is 19.3. The van der Waals surface area contributed by atoms with E-state index in [0.29, 0.717) is 11.1 Å². The minimum atomic E-state index is -2.85. The van der Waals surface area contributed by atoms with Gasteiger partial charge in [0.15, 0.2) is 0 Å². The van der Waals surface area contributed by atoms with Crippen LogP contribution < -0.4 is 10.1 Å². The van der Waals surface area contributed by atoms with Gasteiger partial charge < -0.3 is 10.1 Å². The number of carbonyl (C=O) groups is 1. The summed E-state index contributed by atoms with van der Waals surface area (Å²) in [6.07, 6.45) is 2.40. The van der Waals surface area contributed by atoms with Gasteiger partial charge in [0.2, 0.25) is 0 Å². The molecule has 1 N–H and O–H groups in total. The van der Waals surface area contributed by atoms with Gasteiger partial charge in [-0.2, -0.15) is 14.0 Å². The van der Waals surface area contributed by atoms with Crippen LogP contribution in [0.1, 0.15) is 45.9 Å². The van der Waals surface area contributed by atoms with Crippen LogP contribution in [0.4, 0.5) is 8.78 Å². The van der Waals surface area contributed by atoms with Crippen molar-refractivity contribution >= 4 is 5.91 Å². The molecule has 1 atom stereocenters. The molecule has 25 heavy (non-hydrogen) atoms. The van der Waals surface area contributed by atoms with E-state index in [1.54, 1.807) is 36.4 Å². The van der Waals surface area contributed by atoms with Crippen molar-refractivity contribution in [1.29, 1.82) is 5.26 Å². The number of nitrogens with one attached hydrogen (secondary N) is 1. The van der Waals surface area contributed by atoms with Gasteiger partial charge in [-0.25, -0.2) is 0 Å². The van der Waals surface area contributed by atoms with Gasteiger partial charge in [0.25, 0.3) is 5.91 Å². The van der Waals surface area contributed by atoms with Crippen molar-refractivity contribution in [2.24, 2.45) is 0 Å². The highest BCUT2D eigenvalue weighted by Crippen LogP contribution is 2.32. The van der Waals surface area contributed by atoms with Crippen molar-refractivity contribution in [3.63, 3.8) is 0 Å². The van der Waals surface area contributed by atoms with Crippen LogP contribution in [0.5, 0.6) is 5.75 Å². The maximum atomic E-state index is 12.4. The molecule has 1 amide bonds. The first-order valence-electron chi connectivity index (χ1n) is 7.95. The number of ether oxygens (including phenoxy) is 1. The first kappa shape index (κ1) is 16.9. The second-order valence-electron chi connectivity index (χ2n) is 5.85. The molecule has 3 rings (SSSR count). The fourth-order valence-corrected chi connectivity index (χ4v) is 3.05. The molecule has 0 aromatic heterocycles. The highest BCUT2D eigenvalue weighted by molar-refractivity contribution is 5.94. The molecule has 0 saturated heterocycles. The van der Waals surface area contributed by atoms with Gasteiger partial charge in [0.1, 0.15) is 5.75 Å². The monoisotopic (exact) mass is 342 g/mol. The van der Waals surface area contributed by atoms with Crippen LogP contribution in [0.2, 0.25) is 0 Å². The second kappa shape index (κ2) is 7.31. The van der Waals surface area contributed by atoms with Crippen LogP contribution in [-0.4, -0.2) is 12.5 Å². The Morgan fingerprint density at radius 1 is 1.24 bits per heavy atom. The van der Waals surface area contributed by atoms with Crippen LogP contribution in [-0.2, 0) is 6.42 Å². The molecule has 0 spiro atoms. The number of alkyl halides is 2. The quantitative estimate of drug-likeness (QED) is 0.914. The van der Waals surface area contributed by atoms with Crippen LogP contribution >= 0.6 is 0 Å². The van der Waals surface area contributed by atoms with Gasteiger partial charge >= 0.3 is 6.61 Å². The smallest absolute Gasteiger partial charge is 0.387 e. The molecule has 0 saturated carbocycles. The van der Waals surface area contributed by atoms with Crippen LogP contribution in [0.3, 0.4) is 0 Å². The molecule has 0 fully saturated rings. The van der Waals surface area contributed by atoms with Gasteiger partial charge in [0.05, 0.1) is 17.7 Å². The number of hydrogen-bond donors (Lipinski definition) is 1. The third-order valence-electron chi connectivity index (χ3n) is 4.24. The summed E-state index contributed by atoms with van der Waals surface area (Å²) in [6.45, 7) is -2.85. The third kappa shape index (κ3) is 3.94. The topological polar surface area (TPSA) is 62.1 Å². The third-order valence-corrected chi connectivity index (χ3v) is 4.24. The molecule has 2 aromatic carbocycles. The largest absolute Gasteiger partial charge is 0.435 e. The molecular weight excluding hydrogens is 326 g/mol. The Bertz CT molecular complexity index is 813. The molecule has 2 aromatic rings. The molecule has 0 radical (unpaired) electrons. The lowest BCUT2D eigenvalue weighted by molar-refractivity contribution is -0.0499. The number of hydrogen-bond acceptors (Lipinski definition) is 3. The maximum absolute atomic E-state index is 12.4. The summed E-state index contributed by atoms with van der Waals surface area (Å²) >= 11 is 0. The maximum Gasteiger partial charge on any atom is 0.387 e. The first-order valence-corrected chi connectivity index (χ1v) is 7.95. The SMILES string of the molecule is N#Cc1ccc(C(=O)NC2CCCc3cc(OC(F)F)ccc32)cc1. The summed E-state index contributed by atoms with van der Waals surface area (Å²) in [4.78, 5) is 12.4. The number of nitriles is 1. The molecule has 0 bridgehead atoms. The first-order chi connectivity index (χ1) is 12.1. The van der Waals surface area contributed by atoms with E-state index in [-0.39, 0.29) is 17.7 Å². The Morgan fingerprint density at radius 3 is 2.68 bits per heavy atom. The van der Waals surface area contributed by atoms with E-state index in [2.05, 4.69) is 10.1 Å². The summed E-state index contributed by atoms with van der Waals surface area (Å²) in [7, 11) is 0. The predicted octanol–water partition coefficient (Wildman–Crippen LogP) is 3.97. The predicted molar refractivity (Wildman–Crippen MR) is 87.4 cm³/mol. The number of nitrogens with zero attached hydrogens (tertiary/aromatic N) is 1.